The van der Waals surface area contributed by atoms with Crippen LogP contribution in [0.15, 0.2) is 60.0 Å². The molecule has 1 aliphatic rings. The van der Waals surface area contributed by atoms with Gasteiger partial charge in [0.25, 0.3) is 0 Å². The second kappa shape index (κ2) is 6.21. The molecule has 0 N–H and O–H groups in total. The van der Waals surface area contributed by atoms with Crippen molar-refractivity contribution in [2.24, 2.45) is 0 Å². The van der Waals surface area contributed by atoms with Gasteiger partial charge in [0.2, 0.25) is 11.8 Å². The number of carbonyl (C=O) groups is 2. The molecule has 2 heterocycles. The van der Waals surface area contributed by atoms with Crippen molar-refractivity contribution in [3.63, 3.8) is 0 Å². The minimum absolute atomic E-state index is 0.0359. The summed E-state index contributed by atoms with van der Waals surface area (Å²) in [6, 6.07) is 18.1. The zero-order chi connectivity index (χ0) is 16.5. The second-order valence-corrected chi connectivity index (χ2v) is 7.11. The lowest BCUT2D eigenvalue weighted by molar-refractivity contribution is -0.149. The number of nitrogens with zero attached hydrogens (tertiary/aromatic N) is 1. The molecule has 0 radical (unpaired) electrons. The standard InChI is InChI=1S/C20H17NO2S/c22-19-11-16(18-9-4-10-24-18)12-20(23)21(19)13-15-7-3-6-14-5-1-2-8-17(14)15/h1-10,16H,11-13H2. The maximum atomic E-state index is 12.6. The fourth-order valence-electron chi connectivity index (χ4n) is 3.36. The first-order valence-corrected chi connectivity index (χ1v) is 8.93. The van der Waals surface area contributed by atoms with Crippen molar-refractivity contribution in [1.29, 1.82) is 0 Å². The van der Waals surface area contributed by atoms with E-state index in [-0.39, 0.29) is 17.7 Å². The van der Waals surface area contributed by atoms with E-state index in [9.17, 15) is 9.59 Å². The summed E-state index contributed by atoms with van der Waals surface area (Å²) in [6.07, 6.45) is 0.827. The highest BCUT2D eigenvalue weighted by Gasteiger charge is 2.33. The number of amides is 2. The van der Waals surface area contributed by atoms with E-state index < -0.39 is 0 Å². The van der Waals surface area contributed by atoms with Gasteiger partial charge in [-0.05, 0) is 27.8 Å². The number of rotatable bonds is 3. The van der Waals surface area contributed by atoms with E-state index in [0.29, 0.717) is 19.4 Å². The van der Waals surface area contributed by atoms with Gasteiger partial charge in [-0.1, -0.05) is 48.5 Å². The van der Waals surface area contributed by atoms with Crippen LogP contribution in [0.4, 0.5) is 0 Å². The summed E-state index contributed by atoms with van der Waals surface area (Å²) >= 11 is 1.62. The minimum atomic E-state index is -0.0717. The lowest BCUT2D eigenvalue weighted by atomic mass is 9.93. The molecule has 4 heteroatoms. The highest BCUT2D eigenvalue weighted by atomic mass is 32.1. The van der Waals surface area contributed by atoms with Gasteiger partial charge in [0.15, 0.2) is 0 Å². The number of piperidine rings is 1. The van der Waals surface area contributed by atoms with Crippen molar-refractivity contribution in [2.45, 2.75) is 25.3 Å². The summed E-state index contributed by atoms with van der Waals surface area (Å²) in [5.41, 5.74) is 1.02. The van der Waals surface area contributed by atoms with E-state index in [2.05, 4.69) is 0 Å². The van der Waals surface area contributed by atoms with Gasteiger partial charge in [-0.25, -0.2) is 0 Å². The third-order valence-electron chi connectivity index (χ3n) is 4.60. The maximum absolute atomic E-state index is 12.6. The van der Waals surface area contributed by atoms with E-state index in [0.717, 1.165) is 21.2 Å². The van der Waals surface area contributed by atoms with Crippen LogP contribution in [0.25, 0.3) is 10.8 Å². The average Bonchev–Trinajstić information content (AvgIpc) is 3.13. The fraction of sp³-hybridized carbons (Fsp3) is 0.200. The lowest BCUT2D eigenvalue weighted by Gasteiger charge is -2.30. The van der Waals surface area contributed by atoms with E-state index in [1.54, 1.807) is 11.3 Å². The minimum Gasteiger partial charge on any atom is -0.278 e. The van der Waals surface area contributed by atoms with Gasteiger partial charge in [-0.3, -0.25) is 14.5 Å². The number of thiophene rings is 1. The van der Waals surface area contributed by atoms with Crippen molar-refractivity contribution in [3.8, 4) is 0 Å². The van der Waals surface area contributed by atoms with Gasteiger partial charge < -0.3 is 0 Å². The molecule has 3 nitrogen and oxygen atoms in total. The summed E-state index contributed by atoms with van der Waals surface area (Å²) in [5.74, 6) is -0.107. The fourth-order valence-corrected chi connectivity index (χ4v) is 4.19. The molecule has 0 saturated carbocycles. The molecule has 0 aliphatic carbocycles. The van der Waals surface area contributed by atoms with Gasteiger partial charge in [0.05, 0.1) is 6.54 Å². The number of benzene rings is 2. The summed E-state index contributed by atoms with van der Waals surface area (Å²) in [5, 5.41) is 4.22. The third kappa shape index (κ3) is 2.74. The number of likely N-dealkylation sites (tertiary alicyclic amines) is 1. The molecule has 2 aromatic carbocycles. The summed E-state index contributed by atoms with van der Waals surface area (Å²) in [4.78, 5) is 27.7. The van der Waals surface area contributed by atoms with Crippen molar-refractivity contribution < 1.29 is 9.59 Å². The topological polar surface area (TPSA) is 37.4 Å². The van der Waals surface area contributed by atoms with E-state index in [1.165, 1.54) is 4.90 Å². The predicted molar refractivity (Wildman–Crippen MR) is 95.8 cm³/mol. The first-order valence-electron chi connectivity index (χ1n) is 8.05. The van der Waals surface area contributed by atoms with Crippen molar-refractivity contribution in [3.05, 3.63) is 70.4 Å². The van der Waals surface area contributed by atoms with Crippen LogP contribution in [0.5, 0.6) is 0 Å². The van der Waals surface area contributed by atoms with Crippen LogP contribution in [-0.2, 0) is 16.1 Å². The quantitative estimate of drug-likeness (QED) is 0.668. The molecule has 2 amide bonds. The summed E-state index contributed by atoms with van der Waals surface area (Å²) in [6.45, 7) is 0.357. The molecule has 24 heavy (non-hydrogen) atoms. The molecular formula is C20H17NO2S. The van der Waals surface area contributed by atoms with Gasteiger partial charge >= 0.3 is 0 Å². The zero-order valence-corrected chi connectivity index (χ0v) is 14.0. The Bertz CT molecular complexity index is 878. The molecule has 0 atom stereocenters. The molecular weight excluding hydrogens is 318 g/mol. The zero-order valence-electron chi connectivity index (χ0n) is 13.1. The van der Waals surface area contributed by atoms with Gasteiger partial charge in [-0.15, -0.1) is 11.3 Å². The molecule has 1 aromatic heterocycles. The molecule has 0 unspecified atom stereocenters. The summed E-state index contributed by atoms with van der Waals surface area (Å²) in [7, 11) is 0. The molecule has 0 bridgehead atoms. The first-order chi connectivity index (χ1) is 11.7. The molecule has 1 saturated heterocycles. The lowest BCUT2D eigenvalue weighted by Crippen LogP contribution is -2.41. The van der Waals surface area contributed by atoms with E-state index in [4.69, 9.17) is 0 Å². The van der Waals surface area contributed by atoms with Gasteiger partial charge in [0.1, 0.15) is 0 Å². The Hall–Kier alpha value is -2.46. The number of hydrogen-bond donors (Lipinski definition) is 0. The SMILES string of the molecule is O=C1CC(c2cccs2)CC(=O)N1Cc1cccc2ccccc12. The van der Waals surface area contributed by atoms with Crippen LogP contribution >= 0.6 is 11.3 Å². The molecule has 1 aliphatic heterocycles. The van der Waals surface area contributed by atoms with E-state index in [1.807, 2.05) is 60.0 Å². The van der Waals surface area contributed by atoms with Crippen LogP contribution < -0.4 is 0 Å². The van der Waals surface area contributed by atoms with Crippen LogP contribution in [0, 0.1) is 0 Å². The number of imide groups is 1. The Kier molecular flexibility index (Phi) is 3.90. The van der Waals surface area contributed by atoms with Crippen molar-refractivity contribution in [1.82, 2.24) is 4.90 Å². The van der Waals surface area contributed by atoms with Gasteiger partial charge in [-0.2, -0.15) is 0 Å². The first kappa shape index (κ1) is 15.1. The van der Waals surface area contributed by atoms with E-state index >= 15 is 0 Å². The van der Waals surface area contributed by atoms with Crippen LogP contribution in [-0.4, -0.2) is 16.7 Å². The number of carbonyl (C=O) groups excluding carboxylic acids is 2. The highest BCUT2D eigenvalue weighted by Crippen LogP contribution is 2.33. The maximum Gasteiger partial charge on any atom is 0.230 e. The molecule has 1 fully saturated rings. The molecule has 3 aromatic rings. The molecule has 0 spiro atoms. The normalized spacial score (nSPS) is 16.1. The monoisotopic (exact) mass is 335 g/mol. The van der Waals surface area contributed by atoms with Crippen molar-refractivity contribution in [2.75, 3.05) is 0 Å². The molecule has 4 rings (SSSR count). The van der Waals surface area contributed by atoms with Gasteiger partial charge in [0, 0.05) is 23.6 Å². The van der Waals surface area contributed by atoms with Crippen LogP contribution in [0.3, 0.4) is 0 Å². The third-order valence-corrected chi connectivity index (χ3v) is 5.63. The Morgan fingerprint density at radius 2 is 1.67 bits per heavy atom. The molecule has 120 valence electrons. The van der Waals surface area contributed by atoms with Crippen molar-refractivity contribution >= 4 is 33.9 Å². The largest absolute Gasteiger partial charge is 0.278 e. The Morgan fingerprint density at radius 3 is 2.42 bits per heavy atom. The Balaban J connectivity index is 1.59. The predicted octanol–water partition coefficient (Wildman–Crippen LogP) is 4.33. The smallest absolute Gasteiger partial charge is 0.230 e. The number of fused-ring (bicyclic) bond motifs is 1. The van der Waals surface area contributed by atoms with Crippen LogP contribution in [0.1, 0.15) is 29.2 Å². The average molecular weight is 335 g/mol. The Labute approximate surface area is 144 Å². The second-order valence-electron chi connectivity index (χ2n) is 6.13. The highest BCUT2D eigenvalue weighted by molar-refractivity contribution is 7.10. The number of hydrogen-bond acceptors (Lipinski definition) is 3. The van der Waals surface area contributed by atoms with Crippen LogP contribution in [0.2, 0.25) is 0 Å². The summed E-state index contributed by atoms with van der Waals surface area (Å²) < 4.78 is 0. The Morgan fingerprint density at radius 1 is 0.917 bits per heavy atom.